The highest BCUT2D eigenvalue weighted by Gasteiger charge is 2.30. The van der Waals surface area contributed by atoms with Gasteiger partial charge in [0.15, 0.2) is 0 Å². The molecule has 2 amide bonds. The Kier molecular flexibility index (Phi) is 3.03. The number of amides is 2. The largest absolute Gasteiger partial charge is 0.495 e. The third kappa shape index (κ3) is 2.25. The molecular weight excluding hydrogens is 222 g/mol. The van der Waals surface area contributed by atoms with E-state index in [1.54, 1.807) is 13.3 Å². The van der Waals surface area contributed by atoms with Crippen LogP contribution in [0.5, 0.6) is 5.75 Å². The lowest BCUT2D eigenvalue weighted by Gasteiger charge is -2.30. The monoisotopic (exact) mass is 237 g/mol. The Morgan fingerprint density at radius 1 is 1.47 bits per heavy atom. The fourth-order valence-corrected chi connectivity index (χ4v) is 1.90. The summed E-state index contributed by atoms with van der Waals surface area (Å²) in [4.78, 5) is 27.6. The SMILES string of the molecule is COc1c[nH]c(N(C)C2CCC(=O)NC2=O)c1. The molecule has 2 N–H and O–H groups in total. The molecular formula is C11H15N3O3. The number of nitrogens with one attached hydrogen (secondary N) is 2. The molecule has 6 heteroatoms. The van der Waals surface area contributed by atoms with Gasteiger partial charge in [-0.15, -0.1) is 0 Å². The summed E-state index contributed by atoms with van der Waals surface area (Å²) in [7, 11) is 3.39. The van der Waals surface area contributed by atoms with Crippen LogP contribution in [0.4, 0.5) is 5.82 Å². The quantitative estimate of drug-likeness (QED) is 0.740. The van der Waals surface area contributed by atoms with Crippen molar-refractivity contribution in [2.75, 3.05) is 19.1 Å². The Hall–Kier alpha value is -1.98. The number of nitrogens with zero attached hydrogens (tertiary/aromatic N) is 1. The molecule has 0 aromatic carbocycles. The van der Waals surface area contributed by atoms with Crippen LogP contribution in [0.2, 0.25) is 0 Å². The van der Waals surface area contributed by atoms with Crippen LogP contribution >= 0.6 is 0 Å². The summed E-state index contributed by atoms with van der Waals surface area (Å²) in [6, 6.07) is 1.49. The highest BCUT2D eigenvalue weighted by atomic mass is 16.5. The number of aromatic nitrogens is 1. The molecule has 1 aromatic rings. The van der Waals surface area contributed by atoms with E-state index in [1.165, 1.54) is 0 Å². The van der Waals surface area contributed by atoms with Crippen molar-refractivity contribution in [2.24, 2.45) is 0 Å². The second-order valence-corrected chi connectivity index (χ2v) is 4.00. The number of piperidine rings is 1. The second kappa shape index (κ2) is 4.48. The first-order chi connectivity index (χ1) is 8.11. The van der Waals surface area contributed by atoms with E-state index in [0.717, 1.165) is 5.82 Å². The number of methoxy groups -OCH3 is 1. The van der Waals surface area contributed by atoms with Gasteiger partial charge in [0.2, 0.25) is 11.8 Å². The highest BCUT2D eigenvalue weighted by molar-refractivity contribution is 6.01. The van der Waals surface area contributed by atoms with E-state index in [1.807, 2.05) is 18.0 Å². The van der Waals surface area contributed by atoms with Crippen molar-refractivity contribution in [1.82, 2.24) is 10.3 Å². The molecule has 0 bridgehead atoms. The van der Waals surface area contributed by atoms with Crippen molar-refractivity contribution in [2.45, 2.75) is 18.9 Å². The van der Waals surface area contributed by atoms with Crippen LogP contribution in [-0.4, -0.2) is 37.0 Å². The molecule has 1 atom stereocenters. The van der Waals surface area contributed by atoms with Gasteiger partial charge in [0.25, 0.3) is 0 Å². The normalized spacial score (nSPS) is 20.0. The Labute approximate surface area is 98.9 Å². The van der Waals surface area contributed by atoms with E-state index in [2.05, 4.69) is 10.3 Å². The summed E-state index contributed by atoms with van der Waals surface area (Å²) in [6.07, 6.45) is 2.62. The molecule has 0 aliphatic carbocycles. The van der Waals surface area contributed by atoms with E-state index in [9.17, 15) is 9.59 Å². The van der Waals surface area contributed by atoms with E-state index < -0.39 is 0 Å². The van der Waals surface area contributed by atoms with Gasteiger partial charge in [-0.05, 0) is 6.42 Å². The number of imide groups is 1. The number of rotatable bonds is 3. The highest BCUT2D eigenvalue weighted by Crippen LogP contribution is 2.22. The second-order valence-electron chi connectivity index (χ2n) is 4.00. The minimum atomic E-state index is -0.323. The number of ether oxygens (including phenoxy) is 1. The van der Waals surface area contributed by atoms with Crippen molar-refractivity contribution in [1.29, 1.82) is 0 Å². The maximum absolute atomic E-state index is 11.7. The Balaban J connectivity index is 2.11. The topological polar surface area (TPSA) is 74.4 Å². The minimum absolute atomic E-state index is 0.205. The average Bonchev–Trinajstić information content (AvgIpc) is 2.76. The number of H-pyrrole nitrogens is 1. The molecule has 2 heterocycles. The third-order valence-corrected chi connectivity index (χ3v) is 2.93. The van der Waals surface area contributed by atoms with Crippen LogP contribution < -0.4 is 15.0 Å². The van der Waals surface area contributed by atoms with Gasteiger partial charge in [-0.2, -0.15) is 0 Å². The van der Waals surface area contributed by atoms with Crippen LogP contribution in [0.3, 0.4) is 0 Å². The number of likely N-dealkylation sites (N-methyl/N-ethyl adjacent to an activating group) is 1. The summed E-state index contributed by atoms with van der Waals surface area (Å²) in [5.74, 6) is 1.04. The molecule has 2 rings (SSSR count). The van der Waals surface area contributed by atoms with Crippen molar-refractivity contribution in [3.8, 4) is 5.75 Å². The Morgan fingerprint density at radius 3 is 2.82 bits per heavy atom. The van der Waals surface area contributed by atoms with Gasteiger partial charge in [-0.3, -0.25) is 14.9 Å². The first-order valence-corrected chi connectivity index (χ1v) is 5.40. The first-order valence-electron chi connectivity index (χ1n) is 5.40. The van der Waals surface area contributed by atoms with E-state index in [0.29, 0.717) is 18.6 Å². The summed E-state index contributed by atoms with van der Waals surface area (Å²) in [5, 5.41) is 2.34. The number of carbonyl (C=O) groups excluding carboxylic acids is 2. The molecule has 0 radical (unpaired) electrons. The van der Waals surface area contributed by atoms with Gasteiger partial charge >= 0.3 is 0 Å². The van der Waals surface area contributed by atoms with Crippen LogP contribution in [0.1, 0.15) is 12.8 Å². The van der Waals surface area contributed by atoms with Gasteiger partial charge in [0, 0.05) is 25.7 Å². The summed E-state index contributed by atoms with van der Waals surface area (Å²) in [5.41, 5.74) is 0. The summed E-state index contributed by atoms with van der Waals surface area (Å²) in [6.45, 7) is 0. The number of hydrogen-bond donors (Lipinski definition) is 2. The maximum Gasteiger partial charge on any atom is 0.249 e. The molecule has 1 aromatic heterocycles. The van der Waals surface area contributed by atoms with Gasteiger partial charge in [0.05, 0.1) is 7.11 Å². The zero-order valence-corrected chi connectivity index (χ0v) is 9.82. The molecule has 1 aliphatic heterocycles. The molecule has 17 heavy (non-hydrogen) atoms. The third-order valence-electron chi connectivity index (χ3n) is 2.93. The van der Waals surface area contributed by atoms with Crippen LogP contribution in [0.15, 0.2) is 12.3 Å². The van der Waals surface area contributed by atoms with Crippen LogP contribution in [0.25, 0.3) is 0 Å². The van der Waals surface area contributed by atoms with Crippen LogP contribution in [0, 0.1) is 0 Å². The van der Waals surface area contributed by atoms with E-state index >= 15 is 0 Å². The molecule has 0 spiro atoms. The first kappa shape index (κ1) is 11.5. The zero-order valence-electron chi connectivity index (χ0n) is 9.82. The smallest absolute Gasteiger partial charge is 0.249 e. The lowest BCUT2D eigenvalue weighted by atomic mass is 10.1. The molecule has 1 saturated heterocycles. The zero-order chi connectivity index (χ0) is 12.4. The van der Waals surface area contributed by atoms with Crippen molar-refractivity contribution < 1.29 is 14.3 Å². The minimum Gasteiger partial charge on any atom is -0.495 e. The summed E-state index contributed by atoms with van der Waals surface area (Å²) >= 11 is 0. The van der Waals surface area contributed by atoms with E-state index in [4.69, 9.17) is 4.74 Å². The van der Waals surface area contributed by atoms with E-state index in [-0.39, 0.29) is 17.9 Å². The molecule has 1 aliphatic rings. The predicted molar refractivity (Wildman–Crippen MR) is 61.9 cm³/mol. The molecule has 6 nitrogen and oxygen atoms in total. The lowest BCUT2D eigenvalue weighted by molar-refractivity contribution is -0.134. The van der Waals surface area contributed by atoms with Gasteiger partial charge in [0.1, 0.15) is 17.6 Å². The van der Waals surface area contributed by atoms with Crippen LogP contribution in [-0.2, 0) is 9.59 Å². The lowest BCUT2D eigenvalue weighted by Crippen LogP contribution is -2.51. The molecule has 0 saturated carbocycles. The standard InChI is InChI=1S/C11H15N3O3/c1-14(9-5-7(17-2)6-12-9)8-3-4-10(15)13-11(8)16/h5-6,8,12H,3-4H2,1-2H3,(H,13,15,16). The summed E-state index contributed by atoms with van der Waals surface area (Å²) < 4.78 is 5.06. The Morgan fingerprint density at radius 2 is 2.24 bits per heavy atom. The maximum atomic E-state index is 11.7. The predicted octanol–water partition coefficient (Wildman–Crippen LogP) is 0.265. The fourth-order valence-electron chi connectivity index (χ4n) is 1.90. The number of carbonyl (C=O) groups is 2. The fraction of sp³-hybridized carbons (Fsp3) is 0.455. The number of hydrogen-bond acceptors (Lipinski definition) is 4. The molecule has 1 fully saturated rings. The molecule has 92 valence electrons. The Bertz CT molecular complexity index is 441. The van der Waals surface area contributed by atoms with Gasteiger partial charge < -0.3 is 14.6 Å². The van der Waals surface area contributed by atoms with Crippen molar-refractivity contribution >= 4 is 17.6 Å². The average molecular weight is 237 g/mol. The van der Waals surface area contributed by atoms with Crippen molar-refractivity contribution in [3.63, 3.8) is 0 Å². The van der Waals surface area contributed by atoms with Gasteiger partial charge in [-0.25, -0.2) is 0 Å². The number of anilines is 1. The van der Waals surface area contributed by atoms with Crippen molar-refractivity contribution in [3.05, 3.63) is 12.3 Å². The number of aromatic amines is 1. The van der Waals surface area contributed by atoms with Gasteiger partial charge in [-0.1, -0.05) is 0 Å². The molecule has 1 unspecified atom stereocenters.